The molecule has 2 aromatic heterocycles. The van der Waals surface area contributed by atoms with Gasteiger partial charge in [-0.1, -0.05) is 37.3 Å². The van der Waals surface area contributed by atoms with E-state index in [9.17, 15) is 4.79 Å². The lowest BCUT2D eigenvalue weighted by Crippen LogP contribution is -2.45. The zero-order valence-electron chi connectivity index (χ0n) is 19.1. The summed E-state index contributed by atoms with van der Waals surface area (Å²) >= 11 is 1.47. The summed E-state index contributed by atoms with van der Waals surface area (Å²) in [5.41, 5.74) is 4.01. The number of para-hydroxylation sites is 1. The van der Waals surface area contributed by atoms with Crippen LogP contribution in [0.3, 0.4) is 0 Å². The molecule has 0 aliphatic carbocycles. The van der Waals surface area contributed by atoms with Crippen molar-refractivity contribution in [3.63, 3.8) is 0 Å². The van der Waals surface area contributed by atoms with Crippen molar-refractivity contribution >= 4 is 33.1 Å². The Hall–Kier alpha value is -3.00. The van der Waals surface area contributed by atoms with Gasteiger partial charge in [0.1, 0.15) is 4.83 Å². The lowest BCUT2D eigenvalue weighted by atomic mass is 10.1. The molecule has 170 valence electrons. The second-order valence-corrected chi connectivity index (χ2v) is 9.55. The average Bonchev–Trinajstić information content (AvgIpc) is 3.42. The SMILES string of the molecule is CCN1CCN(Cc2ccc(NC(=O)c3cc4c(C)nn(-c5ccccc5)c4s3)cc2)CC1. The Labute approximate surface area is 198 Å². The molecular formula is C26H29N5OS. The summed E-state index contributed by atoms with van der Waals surface area (Å²) in [4.78, 5) is 19.6. The Balaban J connectivity index is 1.26. The van der Waals surface area contributed by atoms with Crippen LogP contribution in [0, 0.1) is 6.92 Å². The zero-order valence-corrected chi connectivity index (χ0v) is 19.9. The molecule has 0 spiro atoms. The summed E-state index contributed by atoms with van der Waals surface area (Å²) in [5.74, 6) is -0.0846. The van der Waals surface area contributed by atoms with Crippen LogP contribution in [0.2, 0.25) is 0 Å². The molecule has 3 heterocycles. The second-order valence-electron chi connectivity index (χ2n) is 8.52. The number of benzene rings is 2. The van der Waals surface area contributed by atoms with Crippen LogP contribution in [-0.2, 0) is 6.54 Å². The standard InChI is InChI=1S/C26H29N5OS/c1-3-29-13-15-30(16-14-29)18-20-9-11-21(12-10-20)27-25(32)24-17-23-19(2)28-31(26(23)33-24)22-7-5-4-6-8-22/h4-12,17H,3,13-16,18H2,1-2H3,(H,27,32). The first-order valence-corrected chi connectivity index (χ1v) is 12.3. The molecule has 0 saturated carbocycles. The fourth-order valence-corrected chi connectivity index (χ4v) is 5.39. The highest BCUT2D eigenvalue weighted by atomic mass is 32.1. The molecule has 7 heteroatoms. The normalized spacial score (nSPS) is 15.2. The molecule has 0 radical (unpaired) electrons. The van der Waals surface area contributed by atoms with Gasteiger partial charge in [-0.15, -0.1) is 11.3 Å². The van der Waals surface area contributed by atoms with E-state index in [0.29, 0.717) is 4.88 Å². The van der Waals surface area contributed by atoms with E-state index in [1.165, 1.54) is 16.9 Å². The van der Waals surface area contributed by atoms with Crippen LogP contribution in [0.5, 0.6) is 0 Å². The molecule has 1 saturated heterocycles. The molecule has 1 amide bonds. The average molecular weight is 460 g/mol. The van der Waals surface area contributed by atoms with Gasteiger partial charge in [0.2, 0.25) is 0 Å². The molecule has 0 bridgehead atoms. The highest BCUT2D eigenvalue weighted by Gasteiger charge is 2.18. The Morgan fingerprint density at radius 1 is 1.00 bits per heavy atom. The minimum absolute atomic E-state index is 0.0846. The third-order valence-electron chi connectivity index (χ3n) is 6.30. The highest BCUT2D eigenvalue weighted by molar-refractivity contribution is 7.20. The van der Waals surface area contributed by atoms with Gasteiger partial charge >= 0.3 is 0 Å². The Morgan fingerprint density at radius 2 is 1.70 bits per heavy atom. The van der Waals surface area contributed by atoms with E-state index < -0.39 is 0 Å². The van der Waals surface area contributed by atoms with Crippen molar-refractivity contribution in [3.05, 3.63) is 76.8 Å². The maximum absolute atomic E-state index is 13.0. The molecule has 1 fully saturated rings. The lowest BCUT2D eigenvalue weighted by Gasteiger charge is -2.34. The molecule has 2 aromatic carbocycles. The van der Waals surface area contributed by atoms with Gasteiger partial charge in [-0.05, 0) is 49.4 Å². The monoisotopic (exact) mass is 459 g/mol. The minimum Gasteiger partial charge on any atom is -0.321 e. The molecule has 1 aliphatic heterocycles. The van der Waals surface area contributed by atoms with Crippen LogP contribution in [0.25, 0.3) is 15.9 Å². The number of nitrogens with one attached hydrogen (secondary N) is 1. The number of aryl methyl sites for hydroxylation is 1. The Kier molecular flexibility index (Phi) is 6.26. The third-order valence-corrected chi connectivity index (χ3v) is 7.41. The van der Waals surface area contributed by atoms with Gasteiger partial charge in [0.05, 0.1) is 16.3 Å². The van der Waals surface area contributed by atoms with E-state index in [2.05, 4.69) is 39.3 Å². The highest BCUT2D eigenvalue weighted by Crippen LogP contribution is 2.31. The molecule has 0 atom stereocenters. The van der Waals surface area contributed by atoms with E-state index >= 15 is 0 Å². The zero-order chi connectivity index (χ0) is 22.8. The van der Waals surface area contributed by atoms with Gasteiger partial charge in [0, 0.05) is 43.8 Å². The van der Waals surface area contributed by atoms with Gasteiger partial charge in [0.25, 0.3) is 5.91 Å². The topological polar surface area (TPSA) is 53.4 Å². The lowest BCUT2D eigenvalue weighted by molar-refractivity contribution is 0.103. The van der Waals surface area contributed by atoms with Crippen molar-refractivity contribution in [2.75, 3.05) is 38.0 Å². The van der Waals surface area contributed by atoms with Gasteiger partial charge in [-0.3, -0.25) is 9.69 Å². The number of hydrogen-bond donors (Lipinski definition) is 1. The van der Waals surface area contributed by atoms with Crippen molar-refractivity contribution in [1.82, 2.24) is 19.6 Å². The summed E-state index contributed by atoms with van der Waals surface area (Å²) in [6, 6.07) is 20.2. The van der Waals surface area contributed by atoms with Gasteiger partial charge in [0.15, 0.2) is 0 Å². The van der Waals surface area contributed by atoms with Crippen LogP contribution in [0.15, 0.2) is 60.7 Å². The molecule has 5 rings (SSSR count). The number of piperazine rings is 1. The number of anilines is 1. The van der Waals surface area contributed by atoms with Crippen LogP contribution < -0.4 is 5.32 Å². The summed E-state index contributed by atoms with van der Waals surface area (Å²) in [6.45, 7) is 10.8. The van der Waals surface area contributed by atoms with Crippen LogP contribution in [0.4, 0.5) is 5.69 Å². The predicted octanol–water partition coefficient (Wildman–Crippen LogP) is 4.79. The van der Waals surface area contributed by atoms with Crippen LogP contribution >= 0.6 is 11.3 Å². The van der Waals surface area contributed by atoms with Gasteiger partial charge < -0.3 is 10.2 Å². The molecule has 0 unspecified atom stereocenters. The van der Waals surface area contributed by atoms with E-state index in [1.807, 2.05) is 60.1 Å². The van der Waals surface area contributed by atoms with Crippen molar-refractivity contribution in [2.45, 2.75) is 20.4 Å². The van der Waals surface area contributed by atoms with E-state index in [4.69, 9.17) is 0 Å². The number of fused-ring (bicyclic) bond motifs is 1. The Bertz CT molecular complexity index is 1240. The first-order chi connectivity index (χ1) is 16.1. The maximum Gasteiger partial charge on any atom is 0.265 e. The van der Waals surface area contributed by atoms with Crippen molar-refractivity contribution in [2.24, 2.45) is 0 Å². The number of likely N-dealkylation sites (N-methyl/N-ethyl adjacent to an activating group) is 1. The number of rotatable bonds is 6. The first-order valence-electron chi connectivity index (χ1n) is 11.5. The molecular weight excluding hydrogens is 430 g/mol. The molecule has 1 aliphatic rings. The molecule has 4 aromatic rings. The van der Waals surface area contributed by atoms with Crippen molar-refractivity contribution in [1.29, 1.82) is 0 Å². The second kappa shape index (κ2) is 9.47. The first kappa shape index (κ1) is 21.8. The number of hydrogen-bond acceptors (Lipinski definition) is 5. The van der Waals surface area contributed by atoms with Gasteiger partial charge in [-0.25, -0.2) is 4.68 Å². The van der Waals surface area contributed by atoms with E-state index in [-0.39, 0.29) is 5.91 Å². The fourth-order valence-electron chi connectivity index (χ4n) is 4.31. The number of thiophene rings is 1. The van der Waals surface area contributed by atoms with Crippen LogP contribution in [-0.4, -0.2) is 58.2 Å². The maximum atomic E-state index is 13.0. The smallest absolute Gasteiger partial charge is 0.265 e. The predicted molar refractivity (Wildman–Crippen MR) is 135 cm³/mol. The number of nitrogens with zero attached hydrogens (tertiary/aromatic N) is 4. The largest absolute Gasteiger partial charge is 0.321 e. The summed E-state index contributed by atoms with van der Waals surface area (Å²) < 4.78 is 1.92. The summed E-state index contributed by atoms with van der Waals surface area (Å²) in [6.07, 6.45) is 0. The quantitative estimate of drug-likeness (QED) is 0.451. The molecule has 1 N–H and O–H groups in total. The minimum atomic E-state index is -0.0846. The summed E-state index contributed by atoms with van der Waals surface area (Å²) in [5, 5.41) is 8.73. The molecule has 33 heavy (non-hydrogen) atoms. The Morgan fingerprint density at radius 3 is 2.39 bits per heavy atom. The summed E-state index contributed by atoms with van der Waals surface area (Å²) in [7, 11) is 0. The number of carbonyl (C=O) groups excluding carboxylic acids is 1. The fraction of sp³-hybridized carbons (Fsp3) is 0.308. The van der Waals surface area contributed by atoms with Crippen LogP contribution in [0.1, 0.15) is 27.9 Å². The van der Waals surface area contributed by atoms with E-state index in [1.54, 1.807) is 0 Å². The van der Waals surface area contributed by atoms with Crippen molar-refractivity contribution < 1.29 is 4.79 Å². The van der Waals surface area contributed by atoms with Crippen molar-refractivity contribution in [3.8, 4) is 5.69 Å². The third kappa shape index (κ3) is 4.71. The number of carbonyl (C=O) groups is 1. The van der Waals surface area contributed by atoms with E-state index in [0.717, 1.165) is 66.6 Å². The number of amides is 1. The number of aromatic nitrogens is 2. The molecule has 6 nitrogen and oxygen atoms in total. The van der Waals surface area contributed by atoms with Gasteiger partial charge in [-0.2, -0.15) is 5.10 Å².